The van der Waals surface area contributed by atoms with Crippen molar-refractivity contribution in [1.82, 2.24) is 9.88 Å². The Hall–Kier alpha value is -2.40. The lowest BCUT2D eigenvalue weighted by Crippen LogP contribution is -2.33. The van der Waals surface area contributed by atoms with Crippen LogP contribution in [0, 0.1) is 0 Å². The van der Waals surface area contributed by atoms with Crippen molar-refractivity contribution in [3.05, 3.63) is 59.9 Å². The van der Waals surface area contributed by atoms with E-state index >= 15 is 0 Å². The van der Waals surface area contributed by atoms with Crippen LogP contribution in [0.25, 0.3) is 0 Å². The zero-order chi connectivity index (χ0) is 17.4. The summed E-state index contributed by atoms with van der Waals surface area (Å²) < 4.78 is 10.8. The van der Waals surface area contributed by atoms with Gasteiger partial charge in [0, 0.05) is 38.2 Å². The summed E-state index contributed by atoms with van der Waals surface area (Å²) in [5, 5.41) is 0. The second-order valence-corrected chi connectivity index (χ2v) is 5.77. The van der Waals surface area contributed by atoms with E-state index in [1.807, 2.05) is 38.1 Å². The van der Waals surface area contributed by atoms with Gasteiger partial charge in [0.05, 0.1) is 12.7 Å². The monoisotopic (exact) mass is 328 g/mol. The molecule has 0 N–H and O–H groups in total. The molecule has 5 nitrogen and oxygen atoms in total. The van der Waals surface area contributed by atoms with Gasteiger partial charge < -0.3 is 14.4 Å². The Morgan fingerprint density at radius 1 is 1.12 bits per heavy atom. The van der Waals surface area contributed by atoms with E-state index in [9.17, 15) is 4.79 Å². The molecule has 0 saturated heterocycles. The highest BCUT2D eigenvalue weighted by molar-refractivity contribution is 5.94. The molecular weight excluding hydrogens is 304 g/mol. The van der Waals surface area contributed by atoms with Crippen LogP contribution in [0.15, 0.2) is 48.8 Å². The van der Waals surface area contributed by atoms with Gasteiger partial charge in [0.25, 0.3) is 5.91 Å². The number of nitrogens with zero attached hydrogens (tertiary/aromatic N) is 2. The normalized spacial score (nSPS) is 10.7. The summed E-state index contributed by atoms with van der Waals surface area (Å²) in [6.07, 6.45) is 3.56. The maximum atomic E-state index is 12.8. The third-order valence-electron chi connectivity index (χ3n) is 3.45. The molecule has 1 aromatic carbocycles. The van der Waals surface area contributed by atoms with E-state index in [2.05, 4.69) is 4.98 Å². The lowest BCUT2D eigenvalue weighted by atomic mass is 10.1. The third-order valence-corrected chi connectivity index (χ3v) is 3.45. The average molecular weight is 328 g/mol. The fourth-order valence-corrected chi connectivity index (χ4v) is 2.29. The Bertz CT molecular complexity index is 627. The smallest absolute Gasteiger partial charge is 0.254 e. The number of hydrogen-bond acceptors (Lipinski definition) is 4. The highest BCUT2D eigenvalue weighted by atomic mass is 16.5. The number of rotatable bonds is 8. The minimum absolute atomic E-state index is 0.0278. The summed E-state index contributed by atoms with van der Waals surface area (Å²) in [6, 6.07) is 11.1. The van der Waals surface area contributed by atoms with Gasteiger partial charge in [0.1, 0.15) is 5.75 Å². The predicted molar refractivity (Wildman–Crippen MR) is 93.1 cm³/mol. The van der Waals surface area contributed by atoms with Gasteiger partial charge in [-0.25, -0.2) is 0 Å². The summed E-state index contributed by atoms with van der Waals surface area (Å²) in [7, 11) is 1.63. The Morgan fingerprint density at radius 3 is 2.38 bits per heavy atom. The fourth-order valence-electron chi connectivity index (χ4n) is 2.29. The SMILES string of the molecule is COCCN(Cc1ccncc1)C(=O)c1ccc(OC(C)C)cc1. The third kappa shape index (κ3) is 5.35. The molecular formula is C19H24N2O3. The van der Waals surface area contributed by atoms with Crippen LogP contribution < -0.4 is 4.74 Å². The van der Waals surface area contributed by atoms with Crippen LogP contribution in [0.4, 0.5) is 0 Å². The van der Waals surface area contributed by atoms with Crippen molar-refractivity contribution < 1.29 is 14.3 Å². The van der Waals surface area contributed by atoms with Crippen molar-refractivity contribution in [2.75, 3.05) is 20.3 Å². The maximum absolute atomic E-state index is 12.8. The van der Waals surface area contributed by atoms with Gasteiger partial charge in [-0.1, -0.05) is 0 Å². The summed E-state index contributed by atoms with van der Waals surface area (Å²) >= 11 is 0. The number of pyridine rings is 1. The van der Waals surface area contributed by atoms with Crippen LogP contribution in [0.5, 0.6) is 5.75 Å². The van der Waals surface area contributed by atoms with Crippen molar-refractivity contribution in [1.29, 1.82) is 0 Å². The summed E-state index contributed by atoms with van der Waals surface area (Å²) in [4.78, 5) is 18.6. The van der Waals surface area contributed by atoms with Crippen molar-refractivity contribution in [2.24, 2.45) is 0 Å². The molecule has 0 unspecified atom stereocenters. The minimum Gasteiger partial charge on any atom is -0.491 e. The number of carbonyl (C=O) groups is 1. The quantitative estimate of drug-likeness (QED) is 0.747. The van der Waals surface area contributed by atoms with Crippen LogP contribution in [-0.2, 0) is 11.3 Å². The lowest BCUT2D eigenvalue weighted by Gasteiger charge is -2.23. The van der Waals surface area contributed by atoms with E-state index in [4.69, 9.17) is 9.47 Å². The molecule has 0 aliphatic carbocycles. The first kappa shape index (κ1) is 17.9. The first-order valence-electron chi connectivity index (χ1n) is 8.04. The number of benzene rings is 1. The van der Waals surface area contributed by atoms with Crippen LogP contribution in [0.1, 0.15) is 29.8 Å². The van der Waals surface area contributed by atoms with Gasteiger partial charge in [-0.05, 0) is 55.8 Å². The summed E-state index contributed by atoms with van der Waals surface area (Å²) in [5.41, 5.74) is 1.67. The van der Waals surface area contributed by atoms with E-state index in [0.29, 0.717) is 25.3 Å². The van der Waals surface area contributed by atoms with E-state index in [-0.39, 0.29) is 12.0 Å². The van der Waals surface area contributed by atoms with Crippen LogP contribution in [0.3, 0.4) is 0 Å². The van der Waals surface area contributed by atoms with Gasteiger partial charge in [0.2, 0.25) is 0 Å². The molecule has 0 saturated carbocycles. The highest BCUT2D eigenvalue weighted by Crippen LogP contribution is 2.16. The van der Waals surface area contributed by atoms with Crippen LogP contribution >= 0.6 is 0 Å². The molecule has 2 rings (SSSR count). The predicted octanol–water partition coefficient (Wildman–Crippen LogP) is 3.16. The van der Waals surface area contributed by atoms with Gasteiger partial charge in [-0.15, -0.1) is 0 Å². The number of ether oxygens (including phenoxy) is 2. The second-order valence-electron chi connectivity index (χ2n) is 5.77. The number of aromatic nitrogens is 1. The number of amides is 1. The van der Waals surface area contributed by atoms with Gasteiger partial charge >= 0.3 is 0 Å². The van der Waals surface area contributed by atoms with E-state index in [0.717, 1.165) is 11.3 Å². The molecule has 0 atom stereocenters. The lowest BCUT2D eigenvalue weighted by molar-refractivity contribution is 0.0680. The number of hydrogen-bond donors (Lipinski definition) is 0. The van der Waals surface area contributed by atoms with Crippen LogP contribution in [0.2, 0.25) is 0 Å². The van der Waals surface area contributed by atoms with Crippen molar-refractivity contribution in [3.63, 3.8) is 0 Å². The second kappa shape index (κ2) is 9.03. The van der Waals surface area contributed by atoms with Crippen molar-refractivity contribution in [3.8, 4) is 5.75 Å². The molecule has 1 heterocycles. The zero-order valence-electron chi connectivity index (χ0n) is 14.4. The minimum atomic E-state index is -0.0278. The van der Waals surface area contributed by atoms with E-state index in [1.54, 1.807) is 36.5 Å². The molecule has 1 amide bonds. The Kier molecular flexibility index (Phi) is 6.75. The molecule has 0 radical (unpaired) electrons. The summed E-state index contributed by atoms with van der Waals surface area (Å²) in [6.45, 7) is 5.49. The van der Waals surface area contributed by atoms with Crippen molar-refractivity contribution in [2.45, 2.75) is 26.5 Å². The molecule has 0 aliphatic rings. The van der Waals surface area contributed by atoms with Gasteiger partial charge in [-0.3, -0.25) is 9.78 Å². The molecule has 0 fully saturated rings. The molecule has 0 bridgehead atoms. The average Bonchev–Trinajstić information content (AvgIpc) is 2.59. The topological polar surface area (TPSA) is 51.7 Å². The van der Waals surface area contributed by atoms with E-state index in [1.165, 1.54) is 0 Å². The Balaban J connectivity index is 2.11. The highest BCUT2D eigenvalue weighted by Gasteiger charge is 2.16. The molecule has 1 aromatic heterocycles. The number of carbonyl (C=O) groups excluding carboxylic acids is 1. The molecule has 128 valence electrons. The summed E-state index contributed by atoms with van der Waals surface area (Å²) in [5.74, 6) is 0.735. The fraction of sp³-hybridized carbons (Fsp3) is 0.368. The standard InChI is InChI=1S/C19H24N2O3/c1-15(2)24-18-6-4-17(5-7-18)19(22)21(12-13-23-3)14-16-8-10-20-11-9-16/h4-11,15H,12-14H2,1-3H3. The van der Waals surface area contributed by atoms with Crippen molar-refractivity contribution >= 4 is 5.91 Å². The maximum Gasteiger partial charge on any atom is 0.254 e. The zero-order valence-corrected chi connectivity index (χ0v) is 14.4. The van der Waals surface area contributed by atoms with Crippen LogP contribution in [-0.4, -0.2) is 42.2 Å². The van der Waals surface area contributed by atoms with Gasteiger partial charge in [0.15, 0.2) is 0 Å². The molecule has 0 aliphatic heterocycles. The Morgan fingerprint density at radius 2 is 1.79 bits per heavy atom. The molecule has 5 heteroatoms. The Labute approximate surface area is 143 Å². The number of methoxy groups -OCH3 is 1. The molecule has 0 spiro atoms. The first-order chi connectivity index (χ1) is 11.6. The largest absolute Gasteiger partial charge is 0.491 e. The first-order valence-corrected chi connectivity index (χ1v) is 8.04. The van der Waals surface area contributed by atoms with Gasteiger partial charge in [-0.2, -0.15) is 0 Å². The molecule has 24 heavy (non-hydrogen) atoms. The molecule has 2 aromatic rings. The van der Waals surface area contributed by atoms with E-state index < -0.39 is 0 Å².